The van der Waals surface area contributed by atoms with Crippen molar-refractivity contribution < 1.29 is 15.0 Å². The topological polar surface area (TPSA) is 57.5 Å². The molecule has 1 aromatic carbocycles. The van der Waals surface area contributed by atoms with E-state index in [9.17, 15) is 9.90 Å². The first-order valence-corrected chi connectivity index (χ1v) is 4.28. The molecule has 0 aliphatic carbocycles. The summed E-state index contributed by atoms with van der Waals surface area (Å²) in [5, 5.41) is 17.9. The number of hydrogen-bond donors (Lipinski definition) is 2. The molecule has 0 saturated heterocycles. The van der Waals surface area contributed by atoms with Crippen LogP contribution >= 0.6 is 0 Å². The quantitative estimate of drug-likeness (QED) is 0.772. The summed E-state index contributed by atoms with van der Waals surface area (Å²) in [7, 11) is 0. The molecule has 0 unspecified atom stereocenters. The van der Waals surface area contributed by atoms with Gasteiger partial charge in [0.15, 0.2) is 0 Å². The van der Waals surface area contributed by atoms with E-state index >= 15 is 0 Å². The Balaban J connectivity index is 2.89. The highest BCUT2D eigenvalue weighted by atomic mass is 16.4. The van der Waals surface area contributed by atoms with E-state index in [4.69, 9.17) is 5.11 Å². The average Bonchev–Trinajstić information content (AvgIpc) is 2.15. The zero-order chi connectivity index (χ0) is 10.6. The molecule has 0 bridgehead atoms. The summed E-state index contributed by atoms with van der Waals surface area (Å²) in [5.41, 5.74) is 1.44. The number of carboxylic acids is 1. The summed E-state index contributed by atoms with van der Waals surface area (Å²) in [6.07, 6.45) is 1.55. The van der Waals surface area contributed by atoms with Gasteiger partial charge in [-0.2, -0.15) is 0 Å². The van der Waals surface area contributed by atoms with Gasteiger partial charge in [-0.25, -0.2) is 0 Å². The Kier molecular flexibility index (Phi) is 3.29. The first-order chi connectivity index (χ1) is 6.61. The molecular weight excluding hydrogens is 180 g/mol. The fourth-order valence-electron chi connectivity index (χ4n) is 1.16. The summed E-state index contributed by atoms with van der Waals surface area (Å²) in [4.78, 5) is 10.3. The van der Waals surface area contributed by atoms with Gasteiger partial charge >= 0.3 is 5.97 Å². The lowest BCUT2D eigenvalue weighted by Gasteiger charge is -2.03. The highest BCUT2D eigenvalue weighted by molar-refractivity contribution is 5.75. The van der Waals surface area contributed by atoms with Crippen molar-refractivity contribution in [2.75, 3.05) is 0 Å². The fraction of sp³-hybridized carbons (Fsp3) is 0.182. The van der Waals surface area contributed by atoms with Crippen LogP contribution in [-0.2, 0) is 4.79 Å². The van der Waals surface area contributed by atoms with Crippen LogP contribution in [0.2, 0.25) is 0 Å². The van der Waals surface area contributed by atoms with Crippen LogP contribution in [0.3, 0.4) is 0 Å². The predicted octanol–water partition coefficient (Wildman–Crippen LogP) is 2.27. The Morgan fingerprint density at radius 3 is 2.64 bits per heavy atom. The number of carboxylic acid groups (broad SMARTS) is 1. The van der Waals surface area contributed by atoms with Crippen LogP contribution in [0.1, 0.15) is 18.9 Å². The van der Waals surface area contributed by atoms with E-state index in [-0.39, 0.29) is 12.2 Å². The Morgan fingerprint density at radius 1 is 1.43 bits per heavy atom. The molecule has 3 nitrogen and oxygen atoms in total. The maximum absolute atomic E-state index is 10.3. The van der Waals surface area contributed by atoms with Crippen LogP contribution in [0.5, 0.6) is 5.75 Å². The van der Waals surface area contributed by atoms with Gasteiger partial charge in [-0.05, 0) is 18.6 Å². The van der Waals surface area contributed by atoms with Crippen molar-refractivity contribution >= 4 is 11.5 Å². The molecule has 0 spiro atoms. The Hall–Kier alpha value is -1.77. The van der Waals surface area contributed by atoms with E-state index in [1.54, 1.807) is 37.3 Å². The number of hydrogen-bond acceptors (Lipinski definition) is 2. The van der Waals surface area contributed by atoms with Gasteiger partial charge in [0, 0.05) is 5.56 Å². The average molecular weight is 192 g/mol. The molecular formula is C11H12O3. The number of benzene rings is 1. The van der Waals surface area contributed by atoms with E-state index < -0.39 is 5.97 Å². The second-order valence-corrected chi connectivity index (χ2v) is 3.00. The monoisotopic (exact) mass is 192 g/mol. The van der Waals surface area contributed by atoms with Gasteiger partial charge in [0.2, 0.25) is 0 Å². The minimum Gasteiger partial charge on any atom is -0.507 e. The molecule has 0 amide bonds. The lowest BCUT2D eigenvalue weighted by atomic mass is 10.1. The number of carbonyl (C=O) groups is 1. The molecule has 3 heteroatoms. The van der Waals surface area contributed by atoms with Gasteiger partial charge in [-0.3, -0.25) is 4.79 Å². The highest BCUT2D eigenvalue weighted by Gasteiger charge is 2.01. The molecule has 14 heavy (non-hydrogen) atoms. The van der Waals surface area contributed by atoms with Gasteiger partial charge in [0.25, 0.3) is 0 Å². The molecule has 0 aromatic heterocycles. The van der Waals surface area contributed by atoms with Crippen molar-refractivity contribution in [2.45, 2.75) is 13.3 Å². The lowest BCUT2D eigenvalue weighted by Crippen LogP contribution is -1.91. The molecule has 0 saturated carbocycles. The molecule has 0 heterocycles. The number of phenols is 1. The smallest absolute Gasteiger partial charge is 0.307 e. The van der Waals surface area contributed by atoms with Gasteiger partial charge in [-0.15, -0.1) is 0 Å². The summed E-state index contributed by atoms with van der Waals surface area (Å²) >= 11 is 0. The van der Waals surface area contributed by atoms with Gasteiger partial charge in [0.05, 0.1) is 6.42 Å². The van der Waals surface area contributed by atoms with Crippen molar-refractivity contribution in [3.8, 4) is 5.75 Å². The maximum atomic E-state index is 10.3. The Morgan fingerprint density at radius 2 is 2.07 bits per heavy atom. The first-order valence-electron chi connectivity index (χ1n) is 4.28. The summed E-state index contributed by atoms with van der Waals surface area (Å²) < 4.78 is 0. The van der Waals surface area contributed by atoms with Gasteiger partial charge in [-0.1, -0.05) is 24.3 Å². The van der Waals surface area contributed by atoms with Crippen LogP contribution in [0.15, 0.2) is 30.3 Å². The number of allylic oxidation sites excluding steroid dienone is 1. The van der Waals surface area contributed by atoms with E-state index in [2.05, 4.69) is 0 Å². The normalized spacial score (nSPS) is 11.4. The third-order valence-corrected chi connectivity index (χ3v) is 1.91. The van der Waals surface area contributed by atoms with Gasteiger partial charge in [0.1, 0.15) is 5.75 Å². The Labute approximate surface area is 82.3 Å². The summed E-state index contributed by atoms with van der Waals surface area (Å²) in [6, 6.07) is 6.85. The zero-order valence-electron chi connectivity index (χ0n) is 7.90. The molecule has 74 valence electrons. The fourth-order valence-corrected chi connectivity index (χ4v) is 1.16. The minimum absolute atomic E-state index is 0.0276. The van der Waals surface area contributed by atoms with E-state index in [1.807, 2.05) is 0 Å². The van der Waals surface area contributed by atoms with Crippen molar-refractivity contribution in [2.24, 2.45) is 0 Å². The second-order valence-electron chi connectivity index (χ2n) is 3.00. The number of aromatic hydroxyl groups is 1. The van der Waals surface area contributed by atoms with Crippen molar-refractivity contribution in [1.29, 1.82) is 0 Å². The largest absolute Gasteiger partial charge is 0.507 e. The number of phenolic OH excluding ortho intramolecular Hbond substituents is 1. The molecule has 0 aliphatic heterocycles. The summed E-state index contributed by atoms with van der Waals surface area (Å²) in [5.74, 6) is -0.702. The van der Waals surface area contributed by atoms with Crippen molar-refractivity contribution in [3.05, 3.63) is 35.9 Å². The van der Waals surface area contributed by atoms with Crippen LogP contribution in [0.4, 0.5) is 0 Å². The van der Waals surface area contributed by atoms with Crippen LogP contribution in [0, 0.1) is 0 Å². The van der Waals surface area contributed by atoms with Crippen LogP contribution in [0.25, 0.3) is 5.57 Å². The molecule has 0 aliphatic rings. The van der Waals surface area contributed by atoms with E-state index in [0.717, 1.165) is 5.57 Å². The standard InChI is InChI=1S/C11H12O3/c1-8(6-7-11(13)14)9-4-2-3-5-10(9)12/h2-6,12H,7H2,1H3,(H,13,14)/b8-6-. The predicted molar refractivity (Wildman–Crippen MR) is 54.0 cm³/mol. The maximum Gasteiger partial charge on any atom is 0.307 e. The summed E-state index contributed by atoms with van der Waals surface area (Å²) in [6.45, 7) is 1.78. The van der Waals surface area contributed by atoms with Crippen LogP contribution in [-0.4, -0.2) is 16.2 Å². The third kappa shape index (κ3) is 2.62. The number of aliphatic carboxylic acids is 1. The van der Waals surface area contributed by atoms with Crippen LogP contribution < -0.4 is 0 Å². The molecule has 1 rings (SSSR count). The van der Waals surface area contributed by atoms with Crippen molar-refractivity contribution in [3.63, 3.8) is 0 Å². The SMILES string of the molecule is C/C(=C/CC(=O)O)c1ccccc1O. The number of rotatable bonds is 3. The Bertz CT molecular complexity index is 367. The highest BCUT2D eigenvalue weighted by Crippen LogP contribution is 2.24. The van der Waals surface area contributed by atoms with Gasteiger partial charge < -0.3 is 10.2 Å². The minimum atomic E-state index is -0.875. The molecule has 0 atom stereocenters. The van der Waals surface area contributed by atoms with E-state index in [0.29, 0.717) is 5.56 Å². The lowest BCUT2D eigenvalue weighted by molar-refractivity contribution is -0.135. The van der Waals surface area contributed by atoms with E-state index in [1.165, 1.54) is 0 Å². The molecule has 0 radical (unpaired) electrons. The molecule has 1 aromatic rings. The number of para-hydroxylation sites is 1. The second kappa shape index (κ2) is 4.46. The first kappa shape index (κ1) is 10.3. The molecule has 2 N–H and O–H groups in total. The molecule has 0 fully saturated rings. The zero-order valence-corrected chi connectivity index (χ0v) is 7.90. The third-order valence-electron chi connectivity index (χ3n) is 1.91. The van der Waals surface area contributed by atoms with Crippen molar-refractivity contribution in [1.82, 2.24) is 0 Å².